The van der Waals surface area contributed by atoms with Crippen molar-refractivity contribution in [1.82, 2.24) is 10.2 Å². The van der Waals surface area contributed by atoms with Crippen LogP contribution in [0.4, 0.5) is 0 Å². The number of benzene rings is 1. The predicted octanol–water partition coefficient (Wildman–Crippen LogP) is 2.36. The lowest BCUT2D eigenvalue weighted by molar-refractivity contribution is -0.173. The van der Waals surface area contributed by atoms with E-state index in [0.717, 1.165) is 31.5 Å². The summed E-state index contributed by atoms with van der Waals surface area (Å²) in [7, 11) is 0. The molecule has 0 aliphatic carbocycles. The first kappa shape index (κ1) is 17.9. The van der Waals surface area contributed by atoms with Gasteiger partial charge in [-0.1, -0.05) is 30.3 Å². The second-order valence-corrected chi connectivity index (χ2v) is 7.67. The maximum atomic E-state index is 13.1. The Morgan fingerprint density at radius 1 is 1.24 bits per heavy atom. The molecule has 1 aromatic carbocycles. The minimum Gasteiger partial charge on any atom is -0.460 e. The molecule has 2 bridgehead atoms. The van der Waals surface area contributed by atoms with Gasteiger partial charge in [-0.25, -0.2) is 0 Å². The van der Waals surface area contributed by atoms with Crippen molar-refractivity contribution in [3.63, 3.8) is 0 Å². The van der Waals surface area contributed by atoms with E-state index in [1.54, 1.807) is 0 Å². The Hall–Kier alpha value is -1.88. The highest BCUT2D eigenvalue weighted by atomic mass is 16.5. The number of fused-ring (bicyclic) bond motifs is 3. The van der Waals surface area contributed by atoms with Gasteiger partial charge in [-0.3, -0.25) is 9.59 Å². The third-order valence-corrected chi connectivity index (χ3v) is 5.42. The number of hydrogen-bond donors (Lipinski definition) is 1. The number of carbonyl (C=O) groups is 2. The number of ether oxygens (including phenoxy) is 1. The molecule has 3 saturated heterocycles. The molecule has 4 rings (SSSR count). The summed E-state index contributed by atoms with van der Waals surface area (Å²) in [5.74, 6) is -0.0382. The lowest BCUT2D eigenvalue weighted by Crippen LogP contribution is -2.60. The van der Waals surface area contributed by atoms with E-state index < -0.39 is 5.41 Å². The molecule has 3 heterocycles. The molecule has 0 radical (unpaired) electrons. The number of esters is 1. The highest BCUT2D eigenvalue weighted by Gasteiger charge is 2.54. The quantitative estimate of drug-likeness (QED) is 0.805. The molecule has 25 heavy (non-hydrogen) atoms. The van der Waals surface area contributed by atoms with Crippen LogP contribution in [0.3, 0.4) is 0 Å². The van der Waals surface area contributed by atoms with E-state index in [1.807, 2.05) is 44.2 Å². The summed E-state index contributed by atoms with van der Waals surface area (Å²) < 4.78 is 5.68. The number of carbonyl (C=O) groups excluding carboxylic acids is 2. The number of rotatable bonds is 6. The summed E-state index contributed by atoms with van der Waals surface area (Å²) >= 11 is 0. The minimum atomic E-state index is -0.704. The van der Waals surface area contributed by atoms with Crippen molar-refractivity contribution in [3.05, 3.63) is 35.9 Å². The van der Waals surface area contributed by atoms with E-state index in [2.05, 4.69) is 10.2 Å². The number of nitrogens with zero attached hydrogens (tertiary/aromatic N) is 1. The average Bonchev–Trinajstić information content (AvgIpc) is 2.60. The molecule has 3 aliphatic rings. The largest absolute Gasteiger partial charge is 0.460 e. The SMILES string of the molecule is CC(C)NC(=O)CC1(C(=O)OCc2ccccc2)CN2CCC1CC2. The van der Waals surface area contributed by atoms with Gasteiger partial charge in [-0.05, 0) is 51.3 Å². The zero-order valence-electron chi connectivity index (χ0n) is 15.2. The third-order valence-electron chi connectivity index (χ3n) is 5.42. The molecule has 1 amide bonds. The molecule has 0 saturated carbocycles. The Balaban J connectivity index is 1.74. The zero-order valence-corrected chi connectivity index (χ0v) is 15.2. The summed E-state index contributed by atoms with van der Waals surface area (Å²) in [5, 5.41) is 2.94. The van der Waals surface area contributed by atoms with Gasteiger partial charge in [0.2, 0.25) is 5.91 Å². The van der Waals surface area contributed by atoms with Crippen molar-refractivity contribution < 1.29 is 14.3 Å². The van der Waals surface area contributed by atoms with Crippen LogP contribution in [0.15, 0.2) is 30.3 Å². The number of piperidine rings is 3. The monoisotopic (exact) mass is 344 g/mol. The van der Waals surface area contributed by atoms with Crippen LogP contribution in [0.2, 0.25) is 0 Å². The van der Waals surface area contributed by atoms with Crippen LogP contribution in [0.5, 0.6) is 0 Å². The second-order valence-electron chi connectivity index (χ2n) is 7.67. The highest BCUT2D eigenvalue weighted by Crippen LogP contribution is 2.45. The smallest absolute Gasteiger partial charge is 0.314 e. The van der Waals surface area contributed by atoms with Crippen LogP contribution in [0.1, 0.15) is 38.7 Å². The van der Waals surface area contributed by atoms with Crippen molar-refractivity contribution in [2.45, 2.75) is 45.8 Å². The average molecular weight is 344 g/mol. The summed E-state index contributed by atoms with van der Waals surface area (Å²) in [5.41, 5.74) is 0.267. The Morgan fingerprint density at radius 2 is 1.92 bits per heavy atom. The third kappa shape index (κ3) is 4.03. The first-order chi connectivity index (χ1) is 12.0. The Bertz CT molecular complexity index is 609. The number of amides is 1. The Morgan fingerprint density at radius 3 is 2.48 bits per heavy atom. The second kappa shape index (κ2) is 7.56. The van der Waals surface area contributed by atoms with Gasteiger partial charge in [0.25, 0.3) is 0 Å². The first-order valence-corrected chi connectivity index (χ1v) is 9.22. The van der Waals surface area contributed by atoms with E-state index >= 15 is 0 Å². The van der Waals surface area contributed by atoms with Gasteiger partial charge in [0.15, 0.2) is 0 Å². The molecule has 1 atom stereocenters. The van der Waals surface area contributed by atoms with E-state index in [1.165, 1.54) is 0 Å². The predicted molar refractivity (Wildman–Crippen MR) is 95.7 cm³/mol. The highest BCUT2D eigenvalue weighted by molar-refractivity contribution is 5.86. The van der Waals surface area contributed by atoms with Gasteiger partial charge < -0.3 is 15.0 Å². The van der Waals surface area contributed by atoms with Gasteiger partial charge in [-0.15, -0.1) is 0 Å². The molecule has 3 aliphatic heterocycles. The topological polar surface area (TPSA) is 58.6 Å². The van der Waals surface area contributed by atoms with Crippen molar-refractivity contribution in [2.75, 3.05) is 19.6 Å². The molecule has 0 spiro atoms. The van der Waals surface area contributed by atoms with E-state index in [4.69, 9.17) is 4.74 Å². The van der Waals surface area contributed by atoms with Crippen molar-refractivity contribution in [3.8, 4) is 0 Å². The summed E-state index contributed by atoms with van der Waals surface area (Å²) in [6.45, 7) is 6.81. The van der Waals surface area contributed by atoms with E-state index in [0.29, 0.717) is 6.54 Å². The molecule has 3 fully saturated rings. The molecule has 136 valence electrons. The molecule has 0 aromatic heterocycles. The van der Waals surface area contributed by atoms with Crippen LogP contribution in [0.25, 0.3) is 0 Å². The lowest BCUT2D eigenvalue weighted by Gasteiger charge is -2.51. The normalized spacial score (nSPS) is 28.0. The van der Waals surface area contributed by atoms with Gasteiger partial charge in [0.05, 0.1) is 5.41 Å². The fourth-order valence-electron chi connectivity index (χ4n) is 4.20. The molecule has 1 unspecified atom stereocenters. The zero-order chi connectivity index (χ0) is 17.9. The molecular weight excluding hydrogens is 316 g/mol. The first-order valence-electron chi connectivity index (χ1n) is 9.22. The van der Waals surface area contributed by atoms with Crippen LogP contribution in [0, 0.1) is 11.3 Å². The lowest BCUT2D eigenvalue weighted by atomic mass is 9.64. The van der Waals surface area contributed by atoms with Gasteiger partial charge >= 0.3 is 5.97 Å². The Kier molecular flexibility index (Phi) is 5.42. The van der Waals surface area contributed by atoms with E-state index in [-0.39, 0.29) is 36.9 Å². The maximum Gasteiger partial charge on any atom is 0.314 e. The fraction of sp³-hybridized carbons (Fsp3) is 0.600. The minimum absolute atomic E-state index is 0.0552. The van der Waals surface area contributed by atoms with Gasteiger partial charge in [0.1, 0.15) is 6.61 Å². The van der Waals surface area contributed by atoms with Crippen molar-refractivity contribution in [1.29, 1.82) is 0 Å². The molecular formula is C20H28N2O3. The maximum absolute atomic E-state index is 13.1. The molecule has 1 N–H and O–H groups in total. The number of hydrogen-bond acceptors (Lipinski definition) is 4. The van der Waals surface area contributed by atoms with Crippen LogP contribution < -0.4 is 5.32 Å². The van der Waals surface area contributed by atoms with Crippen LogP contribution >= 0.6 is 0 Å². The van der Waals surface area contributed by atoms with Crippen LogP contribution in [-0.4, -0.2) is 42.5 Å². The van der Waals surface area contributed by atoms with Crippen molar-refractivity contribution in [2.24, 2.45) is 11.3 Å². The van der Waals surface area contributed by atoms with Crippen molar-refractivity contribution >= 4 is 11.9 Å². The standard InChI is InChI=1S/C20H28N2O3/c1-15(2)21-18(23)12-20(14-22-10-8-17(20)9-11-22)19(24)25-13-16-6-4-3-5-7-16/h3-7,15,17H,8-14H2,1-2H3,(H,21,23). The summed E-state index contributed by atoms with van der Waals surface area (Å²) in [6, 6.07) is 9.78. The molecule has 5 heteroatoms. The molecule has 1 aromatic rings. The summed E-state index contributed by atoms with van der Waals surface area (Å²) in [4.78, 5) is 27.8. The summed E-state index contributed by atoms with van der Waals surface area (Å²) in [6.07, 6.45) is 2.16. The fourth-order valence-corrected chi connectivity index (χ4v) is 4.20. The van der Waals surface area contributed by atoms with Gasteiger partial charge in [0, 0.05) is 19.0 Å². The van der Waals surface area contributed by atoms with Crippen LogP contribution in [-0.2, 0) is 20.9 Å². The van der Waals surface area contributed by atoms with Gasteiger partial charge in [-0.2, -0.15) is 0 Å². The number of nitrogens with one attached hydrogen (secondary N) is 1. The molecule has 5 nitrogen and oxygen atoms in total. The Labute approximate surface area is 149 Å². The van der Waals surface area contributed by atoms with E-state index in [9.17, 15) is 9.59 Å².